The predicted molar refractivity (Wildman–Crippen MR) is 76.6 cm³/mol. The van der Waals surface area contributed by atoms with E-state index >= 15 is 0 Å². The second-order valence-electron chi connectivity index (χ2n) is 4.20. The Morgan fingerprint density at radius 3 is 2.58 bits per heavy atom. The van der Waals surface area contributed by atoms with Gasteiger partial charge in [-0.25, -0.2) is 0 Å². The number of ketones is 1. The molecule has 0 atom stereocenters. The van der Waals surface area contributed by atoms with Gasteiger partial charge in [0, 0.05) is 0 Å². The number of hydrogen-bond donors (Lipinski definition) is 0. The van der Waals surface area contributed by atoms with Crippen LogP contribution in [-0.4, -0.2) is 20.7 Å². The first-order chi connectivity index (χ1) is 9.25. The molecular formula is C16H15FOSe. The van der Waals surface area contributed by atoms with Crippen LogP contribution in [-0.2, 0) is 0 Å². The van der Waals surface area contributed by atoms with Gasteiger partial charge in [0.15, 0.2) is 0 Å². The maximum atomic E-state index is 13.0. The summed E-state index contributed by atoms with van der Waals surface area (Å²) in [6.07, 6.45) is 1.36. The SMILES string of the molecule is O=C(CCC[Se]c1ccccc1)c1cccc(F)c1. The van der Waals surface area contributed by atoms with Gasteiger partial charge in [0.2, 0.25) is 0 Å². The van der Waals surface area contributed by atoms with E-state index < -0.39 is 0 Å². The molecule has 0 saturated carbocycles. The molecule has 2 rings (SSSR count). The van der Waals surface area contributed by atoms with Crippen molar-refractivity contribution in [2.75, 3.05) is 0 Å². The van der Waals surface area contributed by atoms with Crippen LogP contribution in [0.1, 0.15) is 23.2 Å². The van der Waals surface area contributed by atoms with E-state index in [0.29, 0.717) is 26.9 Å². The Balaban J connectivity index is 1.75. The molecule has 2 aromatic rings. The number of halogens is 1. The summed E-state index contributed by atoms with van der Waals surface area (Å²) in [6.45, 7) is 0. The molecule has 98 valence electrons. The Kier molecular flexibility index (Phi) is 5.31. The molecule has 0 aliphatic rings. The standard InChI is InChI=1S/C16H15FOSe/c17-14-7-4-6-13(12-14)16(18)10-5-11-19-15-8-2-1-3-9-15/h1-4,6-9,12H,5,10-11H2. The Labute approximate surface area is 119 Å². The van der Waals surface area contributed by atoms with Crippen LogP contribution in [0.5, 0.6) is 0 Å². The summed E-state index contributed by atoms with van der Waals surface area (Å²) in [7, 11) is 0. The Hall–Kier alpha value is -1.44. The molecule has 0 saturated heterocycles. The molecular weight excluding hydrogens is 306 g/mol. The molecule has 0 bridgehead atoms. The van der Waals surface area contributed by atoms with Gasteiger partial charge in [-0.1, -0.05) is 0 Å². The van der Waals surface area contributed by atoms with Crippen LogP contribution in [0.15, 0.2) is 54.6 Å². The molecule has 19 heavy (non-hydrogen) atoms. The zero-order chi connectivity index (χ0) is 13.5. The summed E-state index contributed by atoms with van der Waals surface area (Å²) in [6, 6.07) is 16.2. The number of carbonyl (C=O) groups is 1. The minimum absolute atomic E-state index is 0.0309. The van der Waals surface area contributed by atoms with Crippen LogP contribution < -0.4 is 4.46 Å². The second kappa shape index (κ2) is 7.22. The number of carbonyl (C=O) groups excluding carboxylic acids is 1. The van der Waals surface area contributed by atoms with Crippen molar-refractivity contribution in [3.05, 3.63) is 66.0 Å². The molecule has 1 nitrogen and oxygen atoms in total. The molecule has 0 spiro atoms. The first-order valence-electron chi connectivity index (χ1n) is 6.22. The van der Waals surface area contributed by atoms with E-state index in [1.54, 1.807) is 12.1 Å². The third kappa shape index (κ3) is 4.62. The monoisotopic (exact) mass is 322 g/mol. The summed E-state index contributed by atoms with van der Waals surface area (Å²) in [4.78, 5) is 11.8. The molecule has 0 amide bonds. The Morgan fingerprint density at radius 2 is 1.84 bits per heavy atom. The number of rotatable bonds is 6. The van der Waals surface area contributed by atoms with E-state index in [0.717, 1.165) is 11.7 Å². The minimum atomic E-state index is -0.348. The summed E-state index contributed by atoms with van der Waals surface area (Å²) in [5.74, 6) is -0.317. The zero-order valence-corrected chi connectivity index (χ0v) is 12.2. The predicted octanol–water partition coefficient (Wildman–Crippen LogP) is 3.24. The van der Waals surface area contributed by atoms with Crippen LogP contribution in [0, 0.1) is 5.82 Å². The van der Waals surface area contributed by atoms with Crippen LogP contribution in [0.25, 0.3) is 0 Å². The maximum absolute atomic E-state index is 13.0. The number of benzene rings is 2. The first kappa shape index (κ1) is 14.0. The Morgan fingerprint density at radius 1 is 1.05 bits per heavy atom. The topological polar surface area (TPSA) is 17.1 Å². The quantitative estimate of drug-likeness (QED) is 0.453. The van der Waals surface area contributed by atoms with E-state index in [-0.39, 0.29) is 11.6 Å². The summed E-state index contributed by atoms with van der Waals surface area (Å²) >= 11 is 0.420. The zero-order valence-electron chi connectivity index (χ0n) is 10.5. The fourth-order valence-corrected chi connectivity index (χ4v) is 3.58. The van der Waals surface area contributed by atoms with E-state index in [1.165, 1.54) is 16.6 Å². The third-order valence-corrected chi connectivity index (χ3v) is 5.01. The van der Waals surface area contributed by atoms with E-state index in [9.17, 15) is 9.18 Å². The average Bonchev–Trinajstić information content (AvgIpc) is 2.44. The normalized spacial score (nSPS) is 10.4. The third-order valence-electron chi connectivity index (χ3n) is 2.71. The van der Waals surface area contributed by atoms with Crippen molar-refractivity contribution in [2.45, 2.75) is 18.2 Å². The molecule has 3 heteroatoms. The van der Waals surface area contributed by atoms with Crippen molar-refractivity contribution >= 4 is 25.2 Å². The molecule has 0 N–H and O–H groups in total. The second-order valence-corrected chi connectivity index (χ2v) is 6.65. The summed E-state index contributed by atoms with van der Waals surface area (Å²) in [5, 5.41) is 1.04. The van der Waals surface area contributed by atoms with Crippen molar-refractivity contribution in [1.29, 1.82) is 0 Å². The molecule has 0 aromatic heterocycles. The molecule has 0 fully saturated rings. The average molecular weight is 321 g/mol. The molecule has 0 aliphatic heterocycles. The van der Waals surface area contributed by atoms with Gasteiger partial charge in [-0.15, -0.1) is 0 Å². The van der Waals surface area contributed by atoms with Gasteiger partial charge in [-0.3, -0.25) is 0 Å². The fraction of sp³-hybridized carbons (Fsp3) is 0.188. The fourth-order valence-electron chi connectivity index (χ4n) is 1.75. The molecule has 0 heterocycles. The number of Topliss-reactive ketones (excluding diaryl/α,β-unsaturated/α-hetero) is 1. The van der Waals surface area contributed by atoms with Crippen LogP contribution >= 0.6 is 0 Å². The van der Waals surface area contributed by atoms with Crippen molar-refractivity contribution in [1.82, 2.24) is 0 Å². The van der Waals surface area contributed by atoms with Gasteiger partial charge in [0.25, 0.3) is 0 Å². The molecule has 0 aliphatic carbocycles. The van der Waals surface area contributed by atoms with E-state index in [1.807, 2.05) is 18.2 Å². The van der Waals surface area contributed by atoms with Crippen LogP contribution in [0.4, 0.5) is 4.39 Å². The van der Waals surface area contributed by atoms with E-state index in [4.69, 9.17) is 0 Å². The van der Waals surface area contributed by atoms with Gasteiger partial charge in [0.1, 0.15) is 0 Å². The molecule has 0 unspecified atom stereocenters. The molecule has 0 radical (unpaired) electrons. The van der Waals surface area contributed by atoms with Crippen molar-refractivity contribution in [3.8, 4) is 0 Å². The van der Waals surface area contributed by atoms with Gasteiger partial charge < -0.3 is 0 Å². The van der Waals surface area contributed by atoms with E-state index in [2.05, 4.69) is 12.1 Å². The Bertz CT molecular complexity index is 539. The van der Waals surface area contributed by atoms with Gasteiger partial charge in [-0.05, 0) is 0 Å². The summed E-state index contributed by atoms with van der Waals surface area (Å²) < 4.78 is 14.3. The van der Waals surface area contributed by atoms with Gasteiger partial charge in [0.05, 0.1) is 0 Å². The van der Waals surface area contributed by atoms with Crippen molar-refractivity contribution in [2.24, 2.45) is 0 Å². The molecule has 2 aromatic carbocycles. The first-order valence-corrected chi connectivity index (χ1v) is 8.29. The number of hydrogen-bond acceptors (Lipinski definition) is 1. The summed E-state index contributed by atoms with van der Waals surface area (Å²) in [5.41, 5.74) is 0.479. The van der Waals surface area contributed by atoms with Gasteiger partial charge in [-0.2, -0.15) is 0 Å². The van der Waals surface area contributed by atoms with Crippen molar-refractivity contribution < 1.29 is 9.18 Å². The van der Waals surface area contributed by atoms with Gasteiger partial charge >= 0.3 is 119 Å². The van der Waals surface area contributed by atoms with Crippen molar-refractivity contribution in [3.63, 3.8) is 0 Å². The van der Waals surface area contributed by atoms with Crippen LogP contribution in [0.2, 0.25) is 5.32 Å². The van der Waals surface area contributed by atoms with Crippen LogP contribution in [0.3, 0.4) is 0 Å².